The number of ether oxygens (including phenoxy) is 4. The van der Waals surface area contributed by atoms with Crippen molar-refractivity contribution < 1.29 is 47.3 Å². The molecule has 0 spiro atoms. The average Bonchev–Trinajstić information content (AvgIpc) is 2.98. The molecule has 1 aromatic carbocycles. The Kier molecular flexibility index (Phi) is 9.17. The summed E-state index contributed by atoms with van der Waals surface area (Å²) in [7, 11) is -3.59. The molecule has 0 bridgehead atoms. The van der Waals surface area contributed by atoms with E-state index < -0.39 is 56.6 Å². The Hall–Kier alpha value is -1.81. The van der Waals surface area contributed by atoms with E-state index in [2.05, 4.69) is 0 Å². The molecule has 1 aliphatic rings. The summed E-state index contributed by atoms with van der Waals surface area (Å²) < 4.78 is 45.3. The maximum absolute atomic E-state index is 12.7. The summed E-state index contributed by atoms with van der Waals surface area (Å²) in [6, 6.07) is 8.20. The quantitative estimate of drug-likeness (QED) is 0.389. The van der Waals surface area contributed by atoms with Crippen LogP contribution in [0.1, 0.15) is 38.1 Å². The number of aliphatic hydroxyl groups excluding tert-OH is 1. The summed E-state index contributed by atoms with van der Waals surface area (Å²) in [5.41, 5.74) is -1.32. The van der Waals surface area contributed by atoms with Crippen LogP contribution in [0.4, 0.5) is 0 Å². The van der Waals surface area contributed by atoms with E-state index in [1.165, 1.54) is 13.8 Å². The van der Waals surface area contributed by atoms with Crippen LogP contribution in [0.2, 0.25) is 0 Å². The van der Waals surface area contributed by atoms with Gasteiger partial charge >= 0.3 is 19.5 Å². The first-order chi connectivity index (χ1) is 14.7. The Balaban J connectivity index is 2.26. The van der Waals surface area contributed by atoms with Crippen LogP contribution in [0.3, 0.4) is 0 Å². The van der Waals surface area contributed by atoms with E-state index in [9.17, 15) is 19.3 Å². The van der Waals surface area contributed by atoms with E-state index in [-0.39, 0.29) is 18.8 Å². The van der Waals surface area contributed by atoms with Gasteiger partial charge in [-0.1, -0.05) is 18.2 Å². The first kappa shape index (κ1) is 25.5. The van der Waals surface area contributed by atoms with Crippen LogP contribution in [0, 0.1) is 0 Å². The Morgan fingerprint density at radius 1 is 1.16 bits per heavy atom. The number of hydrogen-bond donors (Lipinski definition) is 1. The Morgan fingerprint density at radius 3 is 2.29 bits per heavy atom. The van der Waals surface area contributed by atoms with E-state index in [1.54, 1.807) is 44.2 Å². The largest absolute Gasteiger partial charge is 0.453 e. The van der Waals surface area contributed by atoms with Crippen LogP contribution in [0.15, 0.2) is 30.3 Å². The van der Waals surface area contributed by atoms with Crippen molar-refractivity contribution in [3.8, 4) is 0 Å². The molecular formula is C20H29O10P. The minimum Gasteiger partial charge on any atom is -0.453 e. The van der Waals surface area contributed by atoms with Gasteiger partial charge in [-0.15, -0.1) is 0 Å². The van der Waals surface area contributed by atoms with Crippen molar-refractivity contribution in [3.05, 3.63) is 35.9 Å². The number of rotatable bonds is 11. The van der Waals surface area contributed by atoms with E-state index >= 15 is 0 Å². The van der Waals surface area contributed by atoms with Crippen LogP contribution < -0.4 is 0 Å². The Morgan fingerprint density at radius 2 is 1.77 bits per heavy atom. The fourth-order valence-corrected chi connectivity index (χ4v) is 4.49. The SMILES string of the molecule is CCOP(=O)(CO[C@H]1O[C@@H](CO)C(C)(OC(=O)c2ccccc2)[C@H]1OC(C)=O)OCC. The van der Waals surface area contributed by atoms with E-state index in [0.717, 1.165) is 0 Å². The number of aliphatic hydroxyl groups is 1. The standard InChI is InChI=1S/C20H29O10P/c1-5-26-31(24,27-6-2)13-25-19-17(28-14(3)22)20(4,16(12-21)29-19)30-18(23)15-10-8-7-9-11-15/h7-11,16-17,19,21H,5-6,12-13H2,1-4H3/t16-,17-,19-,20?/m0/s1. The van der Waals surface area contributed by atoms with Crippen molar-refractivity contribution in [2.45, 2.75) is 51.8 Å². The zero-order valence-electron chi connectivity index (χ0n) is 18.0. The van der Waals surface area contributed by atoms with E-state index in [1.807, 2.05) is 0 Å². The highest BCUT2D eigenvalue weighted by Gasteiger charge is 2.59. The van der Waals surface area contributed by atoms with Crippen LogP contribution >= 0.6 is 7.60 Å². The summed E-state index contributed by atoms with van der Waals surface area (Å²) in [6.07, 6.45) is -4.10. The van der Waals surface area contributed by atoms with Gasteiger partial charge in [0.25, 0.3) is 0 Å². The van der Waals surface area contributed by atoms with Gasteiger partial charge in [-0.25, -0.2) is 4.79 Å². The van der Waals surface area contributed by atoms with Gasteiger partial charge in [-0.3, -0.25) is 9.36 Å². The highest BCUT2D eigenvalue weighted by molar-refractivity contribution is 7.53. The van der Waals surface area contributed by atoms with Crippen molar-refractivity contribution in [2.75, 3.05) is 26.2 Å². The molecule has 0 amide bonds. The van der Waals surface area contributed by atoms with Gasteiger partial charge < -0.3 is 33.1 Å². The lowest BCUT2D eigenvalue weighted by atomic mass is 9.94. The molecule has 0 radical (unpaired) electrons. The Bertz CT molecular complexity index is 775. The maximum atomic E-state index is 12.7. The predicted octanol–water partition coefficient (Wildman–Crippen LogP) is 2.49. The Labute approximate surface area is 181 Å². The summed E-state index contributed by atoms with van der Waals surface area (Å²) in [4.78, 5) is 24.4. The maximum Gasteiger partial charge on any atom is 0.356 e. The van der Waals surface area contributed by atoms with Crippen molar-refractivity contribution in [1.82, 2.24) is 0 Å². The zero-order valence-corrected chi connectivity index (χ0v) is 18.9. The third-order valence-electron chi connectivity index (χ3n) is 4.58. The number of esters is 2. The van der Waals surface area contributed by atoms with Gasteiger partial charge in [-0.05, 0) is 32.9 Å². The molecule has 0 saturated carbocycles. The molecule has 4 atom stereocenters. The molecule has 1 N–H and O–H groups in total. The fraction of sp³-hybridized carbons (Fsp3) is 0.600. The first-order valence-electron chi connectivity index (χ1n) is 9.90. The normalized spacial score (nSPS) is 25.9. The molecule has 1 aliphatic heterocycles. The highest BCUT2D eigenvalue weighted by atomic mass is 31.2. The van der Waals surface area contributed by atoms with Crippen molar-refractivity contribution in [1.29, 1.82) is 0 Å². The molecule has 1 saturated heterocycles. The second kappa shape index (κ2) is 11.2. The topological polar surface area (TPSA) is 127 Å². The van der Waals surface area contributed by atoms with Gasteiger partial charge in [-0.2, -0.15) is 0 Å². The highest BCUT2D eigenvalue weighted by Crippen LogP contribution is 2.49. The minimum absolute atomic E-state index is 0.130. The fourth-order valence-electron chi connectivity index (χ4n) is 3.15. The summed E-state index contributed by atoms with van der Waals surface area (Å²) >= 11 is 0. The van der Waals surface area contributed by atoms with Gasteiger partial charge in [0.15, 0.2) is 24.3 Å². The van der Waals surface area contributed by atoms with Gasteiger partial charge in [0.1, 0.15) is 6.10 Å². The van der Waals surface area contributed by atoms with E-state index in [0.29, 0.717) is 0 Å². The average molecular weight is 460 g/mol. The summed E-state index contributed by atoms with van der Waals surface area (Å²) in [5, 5.41) is 9.83. The molecule has 11 heteroatoms. The van der Waals surface area contributed by atoms with Crippen molar-refractivity contribution in [3.63, 3.8) is 0 Å². The molecule has 2 rings (SSSR count). The van der Waals surface area contributed by atoms with Crippen LogP contribution in [0.25, 0.3) is 0 Å². The smallest absolute Gasteiger partial charge is 0.356 e. The minimum atomic E-state index is -3.59. The van der Waals surface area contributed by atoms with E-state index in [4.69, 9.17) is 28.0 Å². The molecule has 31 heavy (non-hydrogen) atoms. The molecule has 1 aromatic rings. The van der Waals surface area contributed by atoms with Crippen LogP contribution in [0.5, 0.6) is 0 Å². The lowest BCUT2D eigenvalue weighted by Crippen LogP contribution is -2.52. The van der Waals surface area contributed by atoms with Crippen LogP contribution in [-0.2, 0) is 37.4 Å². The summed E-state index contributed by atoms with van der Waals surface area (Å²) in [6.45, 7) is 5.66. The van der Waals surface area contributed by atoms with Gasteiger partial charge in [0.2, 0.25) is 0 Å². The molecular weight excluding hydrogens is 431 g/mol. The first-order valence-corrected chi connectivity index (χ1v) is 11.6. The zero-order chi connectivity index (χ0) is 23.1. The monoisotopic (exact) mass is 460 g/mol. The molecule has 1 unspecified atom stereocenters. The second-order valence-corrected chi connectivity index (χ2v) is 8.88. The third-order valence-corrected chi connectivity index (χ3v) is 6.35. The summed E-state index contributed by atoms with van der Waals surface area (Å²) in [5.74, 6) is -1.38. The molecule has 0 aliphatic carbocycles. The molecule has 10 nitrogen and oxygen atoms in total. The number of benzene rings is 1. The van der Waals surface area contributed by atoms with Crippen molar-refractivity contribution in [2.24, 2.45) is 0 Å². The number of hydrogen-bond acceptors (Lipinski definition) is 10. The lowest BCUT2D eigenvalue weighted by molar-refractivity contribution is -0.185. The molecule has 0 aromatic heterocycles. The number of carbonyl (C=O) groups excluding carboxylic acids is 2. The number of carbonyl (C=O) groups is 2. The predicted molar refractivity (Wildman–Crippen MR) is 108 cm³/mol. The lowest BCUT2D eigenvalue weighted by Gasteiger charge is -2.33. The molecule has 174 valence electrons. The van der Waals surface area contributed by atoms with Crippen LogP contribution in [-0.4, -0.2) is 67.3 Å². The second-order valence-electron chi connectivity index (χ2n) is 6.89. The van der Waals surface area contributed by atoms with Gasteiger partial charge in [0.05, 0.1) is 25.4 Å². The third kappa shape index (κ3) is 6.35. The van der Waals surface area contributed by atoms with Gasteiger partial charge in [0, 0.05) is 6.92 Å². The van der Waals surface area contributed by atoms with Crippen molar-refractivity contribution >= 4 is 19.5 Å². The molecule has 1 heterocycles. The molecule has 1 fully saturated rings.